The van der Waals surface area contributed by atoms with Crippen molar-refractivity contribution >= 4 is 11.8 Å². The number of carbonyl (C=O) groups excluding carboxylic acids is 1. The van der Waals surface area contributed by atoms with Crippen LogP contribution in [0.1, 0.15) is 22.8 Å². The van der Waals surface area contributed by atoms with Crippen molar-refractivity contribution in [2.45, 2.75) is 13.5 Å². The third-order valence-electron chi connectivity index (χ3n) is 4.75. The molecule has 31 heavy (non-hydrogen) atoms. The maximum absolute atomic E-state index is 13.1. The van der Waals surface area contributed by atoms with Gasteiger partial charge in [-0.25, -0.2) is 4.79 Å². The molecular weight excluding hydrogens is 388 g/mol. The average molecular weight is 410 g/mol. The SMILES string of the molecule is CCOC(=O)c1c(NCc2cccnc2)nnc(-c2ccccc2)c1-c1ccccc1. The van der Waals surface area contributed by atoms with Crippen molar-refractivity contribution in [1.82, 2.24) is 15.2 Å². The largest absolute Gasteiger partial charge is 0.462 e. The van der Waals surface area contributed by atoms with Crippen LogP contribution in [0.2, 0.25) is 0 Å². The van der Waals surface area contributed by atoms with Crippen molar-refractivity contribution in [1.29, 1.82) is 0 Å². The summed E-state index contributed by atoms with van der Waals surface area (Å²) >= 11 is 0. The second kappa shape index (κ2) is 9.63. The van der Waals surface area contributed by atoms with Crippen molar-refractivity contribution < 1.29 is 9.53 Å². The molecule has 4 aromatic rings. The zero-order valence-electron chi connectivity index (χ0n) is 17.2. The minimum Gasteiger partial charge on any atom is -0.462 e. The minimum atomic E-state index is -0.442. The monoisotopic (exact) mass is 410 g/mol. The Labute approximate surface area is 181 Å². The lowest BCUT2D eigenvalue weighted by molar-refractivity contribution is 0.0528. The summed E-state index contributed by atoms with van der Waals surface area (Å²) in [6.45, 7) is 2.50. The summed E-state index contributed by atoms with van der Waals surface area (Å²) in [6, 6.07) is 23.2. The predicted octanol–water partition coefficient (Wildman–Crippen LogP) is 4.99. The van der Waals surface area contributed by atoms with Gasteiger partial charge in [-0.05, 0) is 24.1 Å². The van der Waals surface area contributed by atoms with Crippen molar-refractivity contribution in [3.05, 3.63) is 96.3 Å². The second-order valence-electron chi connectivity index (χ2n) is 6.81. The van der Waals surface area contributed by atoms with E-state index in [1.54, 1.807) is 19.3 Å². The van der Waals surface area contributed by atoms with Crippen LogP contribution < -0.4 is 5.32 Å². The first-order valence-electron chi connectivity index (χ1n) is 10.1. The van der Waals surface area contributed by atoms with E-state index in [4.69, 9.17) is 4.74 Å². The summed E-state index contributed by atoms with van der Waals surface area (Å²) in [5, 5.41) is 12.1. The fraction of sp³-hybridized carbons (Fsp3) is 0.120. The number of carbonyl (C=O) groups is 1. The lowest BCUT2D eigenvalue weighted by atomic mass is 9.95. The summed E-state index contributed by atoms with van der Waals surface area (Å²) in [7, 11) is 0. The van der Waals surface area contributed by atoms with Gasteiger partial charge in [-0.15, -0.1) is 10.2 Å². The highest BCUT2D eigenvalue weighted by Crippen LogP contribution is 2.36. The number of pyridine rings is 1. The highest BCUT2D eigenvalue weighted by atomic mass is 16.5. The maximum Gasteiger partial charge on any atom is 0.342 e. The number of ether oxygens (including phenoxy) is 1. The third-order valence-corrected chi connectivity index (χ3v) is 4.75. The van der Waals surface area contributed by atoms with Gasteiger partial charge in [-0.2, -0.15) is 0 Å². The number of aromatic nitrogens is 3. The first kappa shape index (κ1) is 20.2. The Kier molecular flexibility index (Phi) is 6.28. The van der Waals surface area contributed by atoms with E-state index in [1.165, 1.54) is 0 Å². The van der Waals surface area contributed by atoms with Gasteiger partial charge >= 0.3 is 5.97 Å². The van der Waals surface area contributed by atoms with Gasteiger partial charge < -0.3 is 10.1 Å². The predicted molar refractivity (Wildman–Crippen MR) is 120 cm³/mol. The number of rotatable bonds is 7. The molecule has 0 radical (unpaired) electrons. The van der Waals surface area contributed by atoms with Gasteiger partial charge in [0.25, 0.3) is 0 Å². The number of anilines is 1. The molecule has 0 aliphatic heterocycles. The molecule has 2 heterocycles. The number of nitrogens with one attached hydrogen (secondary N) is 1. The van der Waals surface area contributed by atoms with Gasteiger partial charge in [0, 0.05) is 30.1 Å². The Hall–Kier alpha value is -4.06. The standard InChI is InChI=1S/C25H22N4O2/c1-2-31-25(30)22-21(19-11-5-3-6-12-19)23(20-13-7-4-8-14-20)28-29-24(22)27-17-18-10-9-15-26-16-18/h3-16H,2,17H2,1H3,(H,27,29). The van der Waals surface area contributed by atoms with Gasteiger partial charge in [0.15, 0.2) is 5.82 Å². The Morgan fingerprint density at radius 1 is 0.903 bits per heavy atom. The molecule has 0 bridgehead atoms. The molecule has 0 fully saturated rings. The lowest BCUT2D eigenvalue weighted by Crippen LogP contribution is -2.15. The van der Waals surface area contributed by atoms with Crippen molar-refractivity contribution in [3.63, 3.8) is 0 Å². The van der Waals surface area contributed by atoms with Gasteiger partial charge in [0.2, 0.25) is 0 Å². The molecule has 0 atom stereocenters. The van der Waals surface area contributed by atoms with E-state index in [1.807, 2.05) is 72.8 Å². The van der Waals surface area contributed by atoms with Crippen LogP contribution in [0, 0.1) is 0 Å². The molecule has 4 rings (SSSR count). The van der Waals surface area contributed by atoms with E-state index < -0.39 is 5.97 Å². The zero-order valence-corrected chi connectivity index (χ0v) is 17.2. The summed E-state index contributed by atoms with van der Waals surface area (Å²) in [6.07, 6.45) is 3.48. The van der Waals surface area contributed by atoms with Crippen molar-refractivity contribution in [2.24, 2.45) is 0 Å². The van der Waals surface area contributed by atoms with Gasteiger partial charge in [-0.3, -0.25) is 4.98 Å². The van der Waals surface area contributed by atoms with E-state index in [0.29, 0.717) is 29.2 Å². The van der Waals surface area contributed by atoms with Crippen LogP contribution in [-0.4, -0.2) is 27.8 Å². The van der Waals surface area contributed by atoms with E-state index in [-0.39, 0.29) is 6.61 Å². The van der Waals surface area contributed by atoms with Crippen LogP contribution >= 0.6 is 0 Å². The fourth-order valence-corrected chi connectivity index (χ4v) is 3.33. The van der Waals surface area contributed by atoms with Crippen molar-refractivity contribution in [3.8, 4) is 22.4 Å². The summed E-state index contributed by atoms with van der Waals surface area (Å²) < 4.78 is 5.41. The molecule has 6 heteroatoms. The molecule has 0 aliphatic carbocycles. The van der Waals surface area contributed by atoms with Gasteiger partial charge in [-0.1, -0.05) is 66.7 Å². The van der Waals surface area contributed by atoms with Crippen LogP contribution in [0.15, 0.2) is 85.2 Å². The van der Waals surface area contributed by atoms with E-state index in [0.717, 1.165) is 16.7 Å². The fourth-order valence-electron chi connectivity index (χ4n) is 3.33. The Morgan fingerprint density at radius 3 is 2.26 bits per heavy atom. The molecule has 0 saturated heterocycles. The number of hydrogen-bond acceptors (Lipinski definition) is 6. The normalized spacial score (nSPS) is 10.5. The lowest BCUT2D eigenvalue weighted by Gasteiger charge is -2.17. The molecule has 0 unspecified atom stereocenters. The molecule has 2 aromatic carbocycles. The number of nitrogens with zero attached hydrogens (tertiary/aromatic N) is 3. The number of benzene rings is 2. The second-order valence-corrected chi connectivity index (χ2v) is 6.81. The zero-order chi connectivity index (χ0) is 21.5. The van der Waals surface area contributed by atoms with Crippen LogP contribution in [-0.2, 0) is 11.3 Å². The van der Waals surface area contributed by atoms with Crippen LogP contribution in [0.4, 0.5) is 5.82 Å². The molecule has 0 amide bonds. The summed E-state index contributed by atoms with van der Waals surface area (Å²) in [5.74, 6) is -0.0667. The molecular formula is C25H22N4O2. The van der Waals surface area contributed by atoms with Gasteiger partial charge in [0.1, 0.15) is 11.3 Å². The molecule has 0 spiro atoms. The number of hydrogen-bond donors (Lipinski definition) is 1. The summed E-state index contributed by atoms with van der Waals surface area (Å²) in [4.78, 5) is 17.2. The van der Waals surface area contributed by atoms with E-state index in [2.05, 4.69) is 20.5 Å². The number of esters is 1. The highest BCUT2D eigenvalue weighted by Gasteiger charge is 2.25. The van der Waals surface area contributed by atoms with Crippen LogP contribution in [0.5, 0.6) is 0 Å². The first-order chi connectivity index (χ1) is 15.3. The van der Waals surface area contributed by atoms with Crippen molar-refractivity contribution in [2.75, 3.05) is 11.9 Å². The first-order valence-corrected chi connectivity index (χ1v) is 10.1. The van der Waals surface area contributed by atoms with Gasteiger partial charge in [0.05, 0.1) is 6.61 Å². The molecule has 1 N–H and O–H groups in total. The quantitative estimate of drug-likeness (QED) is 0.432. The van der Waals surface area contributed by atoms with Crippen LogP contribution in [0.25, 0.3) is 22.4 Å². The molecule has 6 nitrogen and oxygen atoms in total. The average Bonchev–Trinajstić information content (AvgIpc) is 2.84. The molecule has 0 aliphatic rings. The Bertz CT molecular complexity index is 1150. The molecule has 154 valence electrons. The Morgan fingerprint density at radius 2 is 1.61 bits per heavy atom. The summed E-state index contributed by atoms with van der Waals surface area (Å²) in [5.41, 5.74) is 4.39. The van der Waals surface area contributed by atoms with E-state index in [9.17, 15) is 4.79 Å². The molecule has 2 aromatic heterocycles. The maximum atomic E-state index is 13.1. The topological polar surface area (TPSA) is 77.0 Å². The van der Waals surface area contributed by atoms with Crippen LogP contribution in [0.3, 0.4) is 0 Å². The smallest absolute Gasteiger partial charge is 0.342 e. The Balaban J connectivity index is 1.89. The minimum absolute atomic E-state index is 0.262. The molecule has 0 saturated carbocycles. The third kappa shape index (κ3) is 4.59. The highest BCUT2D eigenvalue weighted by molar-refractivity contribution is 6.05. The van der Waals surface area contributed by atoms with E-state index >= 15 is 0 Å².